The number of aliphatic hydroxyl groups is 1. The fourth-order valence-electron chi connectivity index (χ4n) is 3.37. The molecule has 1 aromatic carbocycles. The van der Waals surface area contributed by atoms with Gasteiger partial charge < -0.3 is 10.8 Å². The van der Waals surface area contributed by atoms with Gasteiger partial charge in [-0.25, -0.2) is 0 Å². The van der Waals surface area contributed by atoms with Crippen molar-refractivity contribution in [1.82, 2.24) is 0 Å². The number of benzene rings is 1. The van der Waals surface area contributed by atoms with E-state index in [1.54, 1.807) is 6.07 Å². The van der Waals surface area contributed by atoms with Gasteiger partial charge in [0, 0.05) is 12.5 Å². The minimum atomic E-state index is -0.398. The zero-order chi connectivity index (χ0) is 15.2. The maximum Gasteiger partial charge on any atom is 0.0648 e. The average Bonchev–Trinajstić information content (AvgIpc) is 2.43. The minimum Gasteiger partial charge on any atom is -0.392 e. The molecule has 1 aromatic rings. The number of hydrogen-bond donors (Lipinski definition) is 2. The summed E-state index contributed by atoms with van der Waals surface area (Å²) in [6.45, 7) is 0.426. The van der Waals surface area contributed by atoms with Gasteiger partial charge in [0.2, 0.25) is 0 Å². The number of rotatable bonds is 4. The Kier molecular flexibility index (Phi) is 6.81. The van der Waals surface area contributed by atoms with Crippen LogP contribution in [0.3, 0.4) is 0 Å². The number of halogens is 2. The minimum absolute atomic E-state index is 0.0656. The molecule has 0 bridgehead atoms. The molecule has 3 N–H and O–H groups in total. The third-order valence-electron chi connectivity index (χ3n) is 4.67. The van der Waals surface area contributed by atoms with Crippen LogP contribution in [0.15, 0.2) is 18.2 Å². The van der Waals surface area contributed by atoms with Crippen molar-refractivity contribution in [2.45, 2.75) is 57.0 Å². The van der Waals surface area contributed by atoms with Crippen LogP contribution in [0, 0.1) is 5.92 Å². The molecule has 0 amide bonds. The Hall–Kier alpha value is -0.280. The Bertz CT molecular complexity index is 444. The molecule has 1 aliphatic rings. The van der Waals surface area contributed by atoms with Gasteiger partial charge in [-0.05, 0) is 36.5 Å². The molecule has 0 heterocycles. The molecule has 2 nitrogen and oxygen atoms in total. The van der Waals surface area contributed by atoms with E-state index in [9.17, 15) is 5.11 Å². The largest absolute Gasteiger partial charge is 0.392 e. The molecule has 0 aliphatic heterocycles. The highest BCUT2D eigenvalue weighted by molar-refractivity contribution is 6.42. The van der Waals surface area contributed by atoms with E-state index in [1.807, 2.05) is 12.1 Å². The first-order chi connectivity index (χ1) is 10.1. The average molecular weight is 330 g/mol. The molecule has 0 spiro atoms. The summed E-state index contributed by atoms with van der Waals surface area (Å²) >= 11 is 12.1. The molecule has 21 heavy (non-hydrogen) atoms. The van der Waals surface area contributed by atoms with Gasteiger partial charge in [-0.2, -0.15) is 0 Å². The predicted octanol–water partition coefficient (Wildman–Crippen LogP) is 4.76. The van der Waals surface area contributed by atoms with E-state index in [2.05, 4.69) is 0 Å². The lowest BCUT2D eigenvalue weighted by molar-refractivity contribution is 0.0680. The third kappa shape index (κ3) is 4.59. The molecule has 2 unspecified atom stereocenters. The first-order valence-electron chi connectivity index (χ1n) is 7.96. The van der Waals surface area contributed by atoms with Crippen LogP contribution in [-0.4, -0.2) is 17.8 Å². The quantitative estimate of drug-likeness (QED) is 0.836. The van der Waals surface area contributed by atoms with Crippen molar-refractivity contribution in [3.63, 3.8) is 0 Å². The molecular weight excluding hydrogens is 305 g/mol. The van der Waals surface area contributed by atoms with Crippen molar-refractivity contribution in [3.8, 4) is 0 Å². The highest BCUT2D eigenvalue weighted by Crippen LogP contribution is 2.34. The van der Waals surface area contributed by atoms with E-state index in [4.69, 9.17) is 28.9 Å². The van der Waals surface area contributed by atoms with Crippen LogP contribution in [0.2, 0.25) is 10.0 Å². The molecule has 1 fully saturated rings. The molecule has 4 heteroatoms. The van der Waals surface area contributed by atoms with Crippen LogP contribution in [0.5, 0.6) is 0 Å². The summed E-state index contributed by atoms with van der Waals surface area (Å²) in [6, 6.07) is 5.55. The van der Waals surface area contributed by atoms with Gasteiger partial charge in [-0.3, -0.25) is 0 Å². The smallest absolute Gasteiger partial charge is 0.0648 e. The molecule has 0 aromatic heterocycles. The Morgan fingerprint density at radius 3 is 2.24 bits per heavy atom. The van der Waals surface area contributed by atoms with E-state index in [1.165, 1.54) is 32.1 Å². The van der Waals surface area contributed by atoms with Crippen molar-refractivity contribution < 1.29 is 5.11 Å². The second-order valence-corrected chi connectivity index (χ2v) is 6.93. The molecule has 2 atom stereocenters. The molecule has 2 rings (SSSR count). The van der Waals surface area contributed by atoms with Crippen LogP contribution in [0.25, 0.3) is 0 Å². The monoisotopic (exact) mass is 329 g/mol. The standard InChI is InChI=1S/C17H25Cl2NO/c18-15-9-8-13(10-16(15)19)14(11-20)17(21)12-6-4-2-1-3-5-7-12/h8-10,12,14,17,21H,1-7,11,20H2. The third-order valence-corrected chi connectivity index (χ3v) is 5.41. The number of aliphatic hydroxyl groups excluding tert-OH is 1. The Morgan fingerprint density at radius 2 is 1.67 bits per heavy atom. The molecule has 0 radical (unpaired) electrons. The Balaban J connectivity index is 2.12. The fourth-order valence-corrected chi connectivity index (χ4v) is 3.68. The summed E-state index contributed by atoms with van der Waals surface area (Å²) in [6.07, 6.45) is 8.10. The Labute approximate surface area is 137 Å². The summed E-state index contributed by atoms with van der Waals surface area (Å²) < 4.78 is 0. The SMILES string of the molecule is NCC(c1ccc(Cl)c(Cl)c1)C(O)C1CCCCCCC1. The summed E-state index contributed by atoms with van der Waals surface area (Å²) in [5, 5.41) is 11.9. The lowest BCUT2D eigenvalue weighted by Gasteiger charge is -2.31. The van der Waals surface area contributed by atoms with Gasteiger partial charge in [-0.1, -0.05) is 61.4 Å². The van der Waals surface area contributed by atoms with E-state index in [-0.39, 0.29) is 5.92 Å². The summed E-state index contributed by atoms with van der Waals surface area (Å²) in [7, 11) is 0. The zero-order valence-corrected chi connectivity index (χ0v) is 13.9. The summed E-state index contributed by atoms with van der Waals surface area (Å²) in [4.78, 5) is 0. The van der Waals surface area contributed by atoms with Gasteiger partial charge in [0.15, 0.2) is 0 Å². The van der Waals surface area contributed by atoms with E-state index < -0.39 is 6.10 Å². The predicted molar refractivity (Wildman–Crippen MR) is 90.1 cm³/mol. The molecule has 118 valence electrons. The van der Waals surface area contributed by atoms with Crippen LogP contribution in [0.4, 0.5) is 0 Å². The first-order valence-corrected chi connectivity index (χ1v) is 8.72. The summed E-state index contributed by atoms with van der Waals surface area (Å²) in [5.41, 5.74) is 6.92. The maximum atomic E-state index is 10.8. The van der Waals surface area contributed by atoms with Crippen molar-refractivity contribution in [2.24, 2.45) is 11.7 Å². The summed E-state index contributed by atoms with van der Waals surface area (Å²) in [5.74, 6) is 0.275. The number of hydrogen-bond acceptors (Lipinski definition) is 2. The first kappa shape index (κ1) is 17.1. The zero-order valence-electron chi connectivity index (χ0n) is 12.4. The normalized spacial score (nSPS) is 20.6. The second-order valence-electron chi connectivity index (χ2n) is 6.11. The molecule has 1 saturated carbocycles. The van der Waals surface area contributed by atoms with Gasteiger partial charge >= 0.3 is 0 Å². The molecular formula is C17H25Cl2NO. The van der Waals surface area contributed by atoms with Crippen molar-refractivity contribution in [2.75, 3.05) is 6.54 Å². The van der Waals surface area contributed by atoms with Crippen molar-refractivity contribution in [1.29, 1.82) is 0 Å². The topological polar surface area (TPSA) is 46.2 Å². The van der Waals surface area contributed by atoms with Crippen molar-refractivity contribution in [3.05, 3.63) is 33.8 Å². The Morgan fingerprint density at radius 1 is 1.05 bits per heavy atom. The van der Waals surface area contributed by atoms with E-state index >= 15 is 0 Å². The van der Waals surface area contributed by atoms with Gasteiger partial charge in [0.1, 0.15) is 0 Å². The fraction of sp³-hybridized carbons (Fsp3) is 0.647. The van der Waals surface area contributed by atoms with E-state index in [0.29, 0.717) is 22.5 Å². The van der Waals surface area contributed by atoms with E-state index in [0.717, 1.165) is 18.4 Å². The van der Waals surface area contributed by atoms with Crippen LogP contribution in [-0.2, 0) is 0 Å². The van der Waals surface area contributed by atoms with Crippen LogP contribution in [0.1, 0.15) is 56.4 Å². The number of nitrogens with two attached hydrogens (primary N) is 1. The van der Waals surface area contributed by atoms with Crippen LogP contribution >= 0.6 is 23.2 Å². The van der Waals surface area contributed by atoms with Crippen molar-refractivity contribution >= 4 is 23.2 Å². The second kappa shape index (κ2) is 8.38. The molecule has 1 aliphatic carbocycles. The highest BCUT2D eigenvalue weighted by atomic mass is 35.5. The lowest BCUT2D eigenvalue weighted by atomic mass is 9.79. The highest BCUT2D eigenvalue weighted by Gasteiger charge is 2.28. The molecule has 0 saturated heterocycles. The van der Waals surface area contributed by atoms with Gasteiger partial charge in [0.25, 0.3) is 0 Å². The lowest BCUT2D eigenvalue weighted by Crippen LogP contribution is -2.33. The van der Waals surface area contributed by atoms with Gasteiger partial charge in [0.05, 0.1) is 16.1 Å². The maximum absolute atomic E-state index is 10.8. The van der Waals surface area contributed by atoms with Gasteiger partial charge in [-0.15, -0.1) is 0 Å². The van der Waals surface area contributed by atoms with Crippen LogP contribution < -0.4 is 5.73 Å².